The highest BCUT2D eigenvalue weighted by Gasteiger charge is 2.16. The molecule has 3 rings (SSSR count). The smallest absolute Gasteiger partial charge is 0.258 e. The molecule has 3 aromatic carbocycles. The number of hydrogen-bond acceptors (Lipinski definition) is 4. The molecule has 146 valence electrons. The summed E-state index contributed by atoms with van der Waals surface area (Å²) in [7, 11) is 3.20. The van der Waals surface area contributed by atoms with Crippen LogP contribution in [0.15, 0.2) is 59.1 Å². The van der Waals surface area contributed by atoms with Crippen LogP contribution in [0.5, 0.6) is 17.2 Å². The van der Waals surface area contributed by atoms with E-state index in [-0.39, 0.29) is 18.6 Å². The second kappa shape index (κ2) is 8.97. The number of hydrogen-bond donors (Lipinski definition) is 1. The highest BCUT2D eigenvalue weighted by atomic mass is 79.9. The molecule has 0 unspecified atom stereocenters. The first kappa shape index (κ1) is 20.0. The van der Waals surface area contributed by atoms with E-state index in [1.54, 1.807) is 14.2 Å². The van der Waals surface area contributed by atoms with Gasteiger partial charge in [0, 0.05) is 5.56 Å². The van der Waals surface area contributed by atoms with Crippen LogP contribution < -0.4 is 19.5 Å². The molecule has 6 heteroatoms. The van der Waals surface area contributed by atoms with Gasteiger partial charge in [0.25, 0.3) is 5.91 Å². The SMILES string of the molecule is COc1ccc(OC)c([C@@H](C)NC(=O)COc2ccc3ccccc3c2Br)c1. The molecule has 0 aliphatic heterocycles. The maximum absolute atomic E-state index is 12.4. The van der Waals surface area contributed by atoms with Gasteiger partial charge < -0.3 is 19.5 Å². The molecule has 0 fully saturated rings. The number of carbonyl (C=O) groups is 1. The predicted molar refractivity (Wildman–Crippen MR) is 113 cm³/mol. The second-order valence-corrected chi connectivity index (χ2v) is 7.08. The van der Waals surface area contributed by atoms with Crippen molar-refractivity contribution in [2.24, 2.45) is 0 Å². The van der Waals surface area contributed by atoms with E-state index in [9.17, 15) is 4.79 Å². The summed E-state index contributed by atoms with van der Waals surface area (Å²) in [5.41, 5.74) is 0.835. The lowest BCUT2D eigenvalue weighted by atomic mass is 10.1. The lowest BCUT2D eigenvalue weighted by Crippen LogP contribution is -2.31. The van der Waals surface area contributed by atoms with Gasteiger partial charge in [0.05, 0.1) is 24.7 Å². The normalized spacial score (nSPS) is 11.7. The lowest BCUT2D eigenvalue weighted by molar-refractivity contribution is -0.123. The van der Waals surface area contributed by atoms with Crippen LogP contribution in [0, 0.1) is 0 Å². The number of ether oxygens (including phenoxy) is 3. The van der Waals surface area contributed by atoms with Gasteiger partial charge in [-0.15, -0.1) is 0 Å². The van der Waals surface area contributed by atoms with Crippen LogP contribution in [0.3, 0.4) is 0 Å². The number of methoxy groups -OCH3 is 2. The summed E-state index contributed by atoms with van der Waals surface area (Å²) in [6.07, 6.45) is 0. The monoisotopic (exact) mass is 443 g/mol. The third-order valence-electron chi connectivity index (χ3n) is 4.47. The molecule has 0 spiro atoms. The first-order chi connectivity index (χ1) is 13.5. The van der Waals surface area contributed by atoms with Crippen LogP contribution in [0.25, 0.3) is 10.8 Å². The molecule has 1 amide bonds. The van der Waals surface area contributed by atoms with Crippen molar-refractivity contribution in [3.8, 4) is 17.2 Å². The highest BCUT2D eigenvalue weighted by Crippen LogP contribution is 2.33. The standard InChI is InChI=1S/C22H22BrNO4/c1-14(18-12-16(26-2)9-11-19(18)27-3)24-21(25)13-28-20-10-8-15-6-4-5-7-17(15)22(20)23/h4-12,14H,13H2,1-3H3,(H,24,25)/t14-/m1/s1. The van der Waals surface area contributed by atoms with Gasteiger partial charge in [-0.05, 0) is 57.9 Å². The van der Waals surface area contributed by atoms with Crippen molar-refractivity contribution < 1.29 is 19.0 Å². The fourth-order valence-corrected chi connectivity index (χ4v) is 3.61. The van der Waals surface area contributed by atoms with Crippen LogP contribution in [0.2, 0.25) is 0 Å². The molecule has 0 radical (unpaired) electrons. The maximum atomic E-state index is 12.4. The summed E-state index contributed by atoms with van der Waals surface area (Å²) in [6.45, 7) is 1.80. The van der Waals surface area contributed by atoms with Gasteiger partial charge in [0.15, 0.2) is 6.61 Å². The first-order valence-electron chi connectivity index (χ1n) is 8.84. The summed E-state index contributed by atoms with van der Waals surface area (Å²) < 4.78 is 17.2. The molecule has 1 N–H and O–H groups in total. The Labute approximate surface area is 172 Å². The molecule has 0 bridgehead atoms. The van der Waals surface area contributed by atoms with Crippen LogP contribution in [-0.4, -0.2) is 26.7 Å². The van der Waals surface area contributed by atoms with Crippen molar-refractivity contribution in [1.82, 2.24) is 5.32 Å². The highest BCUT2D eigenvalue weighted by molar-refractivity contribution is 9.10. The zero-order valence-corrected chi connectivity index (χ0v) is 17.6. The molecule has 0 aromatic heterocycles. The van der Waals surface area contributed by atoms with Gasteiger partial charge in [-0.2, -0.15) is 0 Å². The Morgan fingerprint density at radius 3 is 2.54 bits per heavy atom. The number of halogens is 1. The van der Waals surface area contributed by atoms with Gasteiger partial charge in [0.1, 0.15) is 17.2 Å². The lowest BCUT2D eigenvalue weighted by Gasteiger charge is -2.18. The van der Waals surface area contributed by atoms with Gasteiger partial charge in [-0.3, -0.25) is 4.79 Å². The van der Waals surface area contributed by atoms with Crippen molar-refractivity contribution in [3.63, 3.8) is 0 Å². The van der Waals surface area contributed by atoms with E-state index in [0.717, 1.165) is 20.8 Å². The molecule has 0 heterocycles. The molecule has 0 aliphatic carbocycles. The number of amides is 1. The van der Waals surface area contributed by atoms with E-state index >= 15 is 0 Å². The van der Waals surface area contributed by atoms with Crippen LogP contribution >= 0.6 is 15.9 Å². The molecular formula is C22H22BrNO4. The summed E-state index contributed by atoms with van der Waals surface area (Å²) in [5, 5.41) is 5.07. The van der Waals surface area contributed by atoms with Crippen molar-refractivity contribution in [2.45, 2.75) is 13.0 Å². The maximum Gasteiger partial charge on any atom is 0.258 e. The third kappa shape index (κ3) is 4.39. The quantitative estimate of drug-likeness (QED) is 0.565. The number of benzene rings is 3. The summed E-state index contributed by atoms with van der Waals surface area (Å²) in [6, 6.07) is 17.0. The van der Waals surface area contributed by atoms with Gasteiger partial charge in [-0.1, -0.05) is 30.3 Å². The van der Waals surface area contributed by atoms with Crippen molar-refractivity contribution in [2.75, 3.05) is 20.8 Å². The number of fused-ring (bicyclic) bond motifs is 1. The second-order valence-electron chi connectivity index (χ2n) is 6.28. The average Bonchev–Trinajstić information content (AvgIpc) is 2.72. The van der Waals surface area contributed by atoms with E-state index in [1.807, 2.05) is 61.5 Å². The molecule has 0 saturated heterocycles. The van der Waals surface area contributed by atoms with Gasteiger partial charge >= 0.3 is 0 Å². The Hall–Kier alpha value is -2.73. The molecule has 1 atom stereocenters. The molecular weight excluding hydrogens is 422 g/mol. The van der Waals surface area contributed by atoms with E-state index in [1.165, 1.54) is 0 Å². The Bertz CT molecular complexity index is 989. The zero-order valence-electron chi connectivity index (χ0n) is 16.0. The minimum Gasteiger partial charge on any atom is -0.497 e. The number of carbonyl (C=O) groups excluding carboxylic acids is 1. The Morgan fingerprint density at radius 2 is 1.79 bits per heavy atom. The summed E-state index contributed by atoms with van der Waals surface area (Å²) in [4.78, 5) is 12.4. The van der Waals surface area contributed by atoms with Crippen molar-refractivity contribution in [1.29, 1.82) is 0 Å². The first-order valence-corrected chi connectivity index (χ1v) is 9.64. The Morgan fingerprint density at radius 1 is 1.04 bits per heavy atom. The molecule has 28 heavy (non-hydrogen) atoms. The van der Waals surface area contributed by atoms with E-state index in [4.69, 9.17) is 14.2 Å². The van der Waals surface area contributed by atoms with Gasteiger partial charge in [0.2, 0.25) is 0 Å². The topological polar surface area (TPSA) is 56.8 Å². The zero-order chi connectivity index (χ0) is 20.1. The third-order valence-corrected chi connectivity index (χ3v) is 5.29. The van der Waals surface area contributed by atoms with Crippen LogP contribution in [0.4, 0.5) is 0 Å². The molecule has 0 aliphatic rings. The van der Waals surface area contributed by atoms with Crippen LogP contribution in [-0.2, 0) is 4.79 Å². The minimum atomic E-state index is -0.263. The number of nitrogens with one attached hydrogen (secondary N) is 1. The van der Waals surface area contributed by atoms with Gasteiger partial charge in [-0.25, -0.2) is 0 Å². The largest absolute Gasteiger partial charge is 0.497 e. The van der Waals surface area contributed by atoms with Crippen molar-refractivity contribution in [3.05, 3.63) is 64.6 Å². The van der Waals surface area contributed by atoms with E-state index in [2.05, 4.69) is 21.2 Å². The minimum absolute atomic E-state index is 0.0897. The Balaban J connectivity index is 1.67. The van der Waals surface area contributed by atoms with Crippen LogP contribution in [0.1, 0.15) is 18.5 Å². The molecule has 3 aromatic rings. The van der Waals surface area contributed by atoms with E-state index < -0.39 is 0 Å². The fourth-order valence-electron chi connectivity index (χ4n) is 3.01. The molecule has 0 saturated carbocycles. The average molecular weight is 444 g/mol. The predicted octanol–water partition coefficient (Wildman–Crippen LogP) is 4.88. The Kier molecular flexibility index (Phi) is 6.41. The summed E-state index contributed by atoms with van der Waals surface area (Å²) >= 11 is 3.57. The molecule has 5 nitrogen and oxygen atoms in total. The van der Waals surface area contributed by atoms with Crippen molar-refractivity contribution >= 4 is 32.6 Å². The fraction of sp³-hybridized carbons (Fsp3) is 0.227. The summed E-state index contributed by atoms with van der Waals surface area (Å²) in [5.74, 6) is 1.79. The number of rotatable bonds is 7. The van der Waals surface area contributed by atoms with E-state index in [0.29, 0.717) is 17.2 Å².